The number of aryl methyl sites for hydroxylation is 1. The van der Waals surface area contributed by atoms with Gasteiger partial charge in [0, 0.05) is 40.7 Å². The van der Waals surface area contributed by atoms with Crippen LogP contribution in [0.1, 0.15) is 52.8 Å². The van der Waals surface area contributed by atoms with E-state index in [9.17, 15) is 14.9 Å². The molecule has 0 saturated heterocycles. The predicted octanol–water partition coefficient (Wildman–Crippen LogP) is 3.82. The van der Waals surface area contributed by atoms with E-state index in [0.717, 1.165) is 11.4 Å². The summed E-state index contributed by atoms with van der Waals surface area (Å²) in [5.41, 5.74) is 3.23. The van der Waals surface area contributed by atoms with E-state index in [4.69, 9.17) is 14.2 Å². The van der Waals surface area contributed by atoms with E-state index >= 15 is 0 Å². The molecule has 27 heavy (non-hydrogen) atoms. The van der Waals surface area contributed by atoms with E-state index in [1.807, 2.05) is 27.7 Å². The van der Waals surface area contributed by atoms with Gasteiger partial charge in [0.05, 0.1) is 17.1 Å². The van der Waals surface area contributed by atoms with Crippen molar-refractivity contribution in [1.29, 1.82) is 0 Å². The summed E-state index contributed by atoms with van der Waals surface area (Å²) in [6.07, 6.45) is 0. The molecule has 0 N–H and O–H groups in total. The zero-order valence-electron chi connectivity index (χ0n) is 15.8. The highest BCUT2D eigenvalue weighted by Gasteiger charge is 2.23. The van der Waals surface area contributed by atoms with E-state index in [1.165, 1.54) is 12.1 Å². The topological polar surface area (TPSA) is 92.8 Å². The number of esters is 1. The van der Waals surface area contributed by atoms with E-state index < -0.39 is 10.9 Å². The number of carbonyl (C=O) groups is 1. The second-order valence-electron chi connectivity index (χ2n) is 6.79. The summed E-state index contributed by atoms with van der Waals surface area (Å²) in [6.45, 7) is 8.06. The average molecular weight is 374 g/mol. The molecule has 0 amide bonds. The number of non-ortho nitro benzene ring substituents is 1. The maximum Gasteiger partial charge on any atom is 0.340 e. The molecule has 8 nitrogen and oxygen atoms in total. The molecule has 0 radical (unpaired) electrons. The van der Waals surface area contributed by atoms with E-state index in [2.05, 4.69) is 4.57 Å². The Bertz CT molecular complexity index is 900. The van der Waals surface area contributed by atoms with Crippen LogP contribution in [0.2, 0.25) is 0 Å². The number of ether oxygens (including phenoxy) is 3. The van der Waals surface area contributed by atoms with Crippen molar-refractivity contribution in [2.24, 2.45) is 0 Å². The minimum Gasteiger partial charge on any atom is -0.467 e. The van der Waals surface area contributed by atoms with Crippen molar-refractivity contribution in [3.63, 3.8) is 0 Å². The fourth-order valence-corrected chi connectivity index (χ4v) is 3.49. The van der Waals surface area contributed by atoms with Crippen LogP contribution in [-0.4, -0.2) is 22.3 Å². The van der Waals surface area contributed by atoms with Crippen molar-refractivity contribution in [1.82, 2.24) is 4.57 Å². The van der Waals surface area contributed by atoms with Crippen LogP contribution in [0.4, 0.5) is 5.69 Å². The maximum absolute atomic E-state index is 12.6. The van der Waals surface area contributed by atoms with E-state index in [1.54, 1.807) is 6.07 Å². The van der Waals surface area contributed by atoms with Crippen molar-refractivity contribution >= 4 is 11.7 Å². The van der Waals surface area contributed by atoms with Gasteiger partial charge < -0.3 is 18.8 Å². The number of fused-ring (bicyclic) bond motifs is 1. The number of rotatable bonds is 5. The summed E-state index contributed by atoms with van der Waals surface area (Å²) in [4.78, 5) is 23.2. The van der Waals surface area contributed by atoms with Crippen LogP contribution in [0.15, 0.2) is 18.2 Å². The van der Waals surface area contributed by atoms with E-state index in [0.29, 0.717) is 22.4 Å². The normalized spacial score (nSPS) is 13.2. The lowest BCUT2D eigenvalue weighted by Gasteiger charge is -2.20. The molecule has 3 rings (SSSR count). The van der Waals surface area contributed by atoms with Crippen LogP contribution in [-0.2, 0) is 22.7 Å². The van der Waals surface area contributed by atoms with Crippen molar-refractivity contribution in [2.75, 3.05) is 6.79 Å². The van der Waals surface area contributed by atoms with Gasteiger partial charge in [0.25, 0.3) is 5.69 Å². The molecule has 1 aromatic carbocycles. The highest BCUT2D eigenvalue weighted by Crippen LogP contribution is 2.33. The predicted molar refractivity (Wildman–Crippen MR) is 96.8 cm³/mol. The van der Waals surface area contributed by atoms with Crippen LogP contribution in [0.5, 0.6) is 5.75 Å². The number of hydrogen-bond donors (Lipinski definition) is 0. The molecule has 0 aliphatic carbocycles. The van der Waals surface area contributed by atoms with Crippen LogP contribution in [0, 0.1) is 24.0 Å². The third kappa shape index (κ3) is 3.66. The maximum atomic E-state index is 12.6. The summed E-state index contributed by atoms with van der Waals surface area (Å²) in [5.74, 6) is 0.00891. The number of carbonyl (C=O) groups excluding carboxylic acids is 1. The lowest BCUT2D eigenvalue weighted by Crippen LogP contribution is -2.15. The molecule has 2 heterocycles. The average Bonchev–Trinajstić information content (AvgIpc) is 2.93. The Labute approximate surface area is 156 Å². The van der Waals surface area contributed by atoms with Gasteiger partial charge in [-0.1, -0.05) is 0 Å². The highest BCUT2D eigenvalue weighted by atomic mass is 16.7. The molecular weight excluding hydrogens is 352 g/mol. The van der Waals surface area contributed by atoms with Gasteiger partial charge in [-0.05, 0) is 33.8 Å². The zero-order chi connectivity index (χ0) is 19.7. The fraction of sp³-hybridized carbons (Fsp3) is 0.421. The Balaban J connectivity index is 1.85. The monoisotopic (exact) mass is 374 g/mol. The molecule has 0 unspecified atom stereocenters. The standard InChI is InChI=1S/C19H22N2O6/c1-11(2)20-12(3)5-17(13(20)4)19(22)26-9-15-7-16(21(23)24)6-14-8-25-10-27-18(14)15/h5-7,11H,8-10H2,1-4H3. The minimum absolute atomic E-state index is 0.0568. The van der Waals surface area contributed by atoms with Crippen LogP contribution in [0.25, 0.3) is 0 Å². The second kappa shape index (κ2) is 7.40. The second-order valence-corrected chi connectivity index (χ2v) is 6.79. The summed E-state index contributed by atoms with van der Waals surface area (Å²) < 4.78 is 18.2. The number of hydrogen-bond acceptors (Lipinski definition) is 6. The molecule has 1 aliphatic heterocycles. The van der Waals surface area contributed by atoms with Gasteiger partial charge in [-0.3, -0.25) is 10.1 Å². The van der Waals surface area contributed by atoms with Gasteiger partial charge in [-0.25, -0.2) is 4.79 Å². The van der Waals surface area contributed by atoms with Crippen molar-refractivity contribution in [3.05, 3.63) is 56.4 Å². The lowest BCUT2D eigenvalue weighted by molar-refractivity contribution is -0.385. The first kappa shape index (κ1) is 18.9. The molecule has 0 atom stereocenters. The molecule has 1 aromatic heterocycles. The summed E-state index contributed by atoms with van der Waals surface area (Å²) in [7, 11) is 0. The third-order valence-corrected chi connectivity index (χ3v) is 4.56. The lowest BCUT2D eigenvalue weighted by atomic mass is 10.1. The Morgan fingerprint density at radius 3 is 2.70 bits per heavy atom. The number of nitro benzene ring substituents is 1. The Hall–Kier alpha value is -2.87. The quantitative estimate of drug-likeness (QED) is 0.449. The van der Waals surface area contributed by atoms with Gasteiger partial charge in [-0.15, -0.1) is 0 Å². The zero-order valence-corrected chi connectivity index (χ0v) is 15.8. The smallest absolute Gasteiger partial charge is 0.340 e. The van der Waals surface area contributed by atoms with E-state index in [-0.39, 0.29) is 31.7 Å². The van der Waals surface area contributed by atoms with Crippen LogP contribution < -0.4 is 4.74 Å². The minimum atomic E-state index is -0.490. The van der Waals surface area contributed by atoms with Crippen molar-refractivity contribution in [2.45, 2.75) is 47.0 Å². The Morgan fingerprint density at radius 1 is 1.33 bits per heavy atom. The Kier molecular flexibility index (Phi) is 5.18. The molecule has 0 bridgehead atoms. The SMILES string of the molecule is Cc1cc(C(=O)OCc2cc([N+](=O)[O-])cc3c2OCOC3)c(C)n1C(C)C. The molecule has 0 saturated carbocycles. The molecule has 0 spiro atoms. The van der Waals surface area contributed by atoms with Gasteiger partial charge in [-0.2, -0.15) is 0 Å². The molecule has 2 aromatic rings. The number of benzene rings is 1. The van der Waals surface area contributed by atoms with Crippen LogP contribution in [0.3, 0.4) is 0 Å². The molecular formula is C19H22N2O6. The van der Waals surface area contributed by atoms with Gasteiger partial charge in [0.2, 0.25) is 0 Å². The first-order valence-electron chi connectivity index (χ1n) is 8.66. The molecule has 144 valence electrons. The van der Waals surface area contributed by atoms with Crippen molar-refractivity contribution < 1.29 is 23.9 Å². The highest BCUT2D eigenvalue weighted by molar-refractivity contribution is 5.91. The number of nitro groups is 1. The number of nitrogens with zero attached hydrogens (tertiary/aromatic N) is 2. The molecule has 0 fully saturated rings. The van der Waals surface area contributed by atoms with Crippen LogP contribution >= 0.6 is 0 Å². The third-order valence-electron chi connectivity index (χ3n) is 4.56. The van der Waals surface area contributed by atoms with Crippen molar-refractivity contribution in [3.8, 4) is 5.75 Å². The van der Waals surface area contributed by atoms with Gasteiger partial charge in [0.1, 0.15) is 12.4 Å². The molecule has 1 aliphatic rings. The summed E-state index contributed by atoms with van der Waals surface area (Å²) in [5, 5.41) is 11.2. The summed E-state index contributed by atoms with van der Waals surface area (Å²) >= 11 is 0. The number of aromatic nitrogens is 1. The molecule has 8 heteroatoms. The fourth-order valence-electron chi connectivity index (χ4n) is 3.49. The Morgan fingerprint density at radius 2 is 2.07 bits per heavy atom. The van der Waals surface area contributed by atoms with Gasteiger partial charge >= 0.3 is 5.97 Å². The largest absolute Gasteiger partial charge is 0.467 e. The van der Waals surface area contributed by atoms with Gasteiger partial charge in [0.15, 0.2) is 6.79 Å². The summed E-state index contributed by atoms with van der Waals surface area (Å²) in [6, 6.07) is 4.80. The first-order chi connectivity index (χ1) is 12.8. The first-order valence-corrected chi connectivity index (χ1v) is 8.66.